The third-order valence-corrected chi connectivity index (χ3v) is 3.04. The molecule has 0 heterocycles. The van der Waals surface area contributed by atoms with Gasteiger partial charge in [0.2, 0.25) is 0 Å². The van der Waals surface area contributed by atoms with Crippen molar-refractivity contribution in [2.75, 3.05) is 7.11 Å². The standard InChI is InChI=1S/C11H20O7/c1-3-4-5(12)18-11-9(16)7(14)6(13)8(15)10(11)17-2/h6-11,13-16H,3-4H2,1-2H3/t6-,7-,8+,9+,10-,11+/m0/s1. The van der Waals surface area contributed by atoms with Crippen molar-refractivity contribution in [1.82, 2.24) is 0 Å². The van der Waals surface area contributed by atoms with Gasteiger partial charge in [0.05, 0.1) is 0 Å². The van der Waals surface area contributed by atoms with Crippen LogP contribution in [0, 0.1) is 0 Å². The Hall–Kier alpha value is -0.730. The van der Waals surface area contributed by atoms with Gasteiger partial charge in [-0.1, -0.05) is 6.92 Å². The van der Waals surface area contributed by atoms with Crippen molar-refractivity contribution in [3.05, 3.63) is 0 Å². The third kappa shape index (κ3) is 2.99. The smallest absolute Gasteiger partial charge is 0.306 e. The Labute approximate surface area is 105 Å². The van der Waals surface area contributed by atoms with Crippen LogP contribution in [-0.4, -0.2) is 70.1 Å². The van der Waals surface area contributed by atoms with Crippen LogP contribution in [0.4, 0.5) is 0 Å². The Morgan fingerprint density at radius 1 is 1.00 bits per heavy atom. The van der Waals surface area contributed by atoms with E-state index in [1.54, 1.807) is 6.92 Å². The average molecular weight is 264 g/mol. The van der Waals surface area contributed by atoms with Gasteiger partial charge in [0, 0.05) is 13.5 Å². The highest BCUT2D eigenvalue weighted by Gasteiger charge is 2.51. The molecular formula is C11H20O7. The summed E-state index contributed by atoms with van der Waals surface area (Å²) in [5, 5.41) is 38.5. The predicted octanol–water partition coefficient (Wildman–Crippen LogP) is -1.83. The molecule has 1 aliphatic carbocycles. The molecule has 106 valence electrons. The molecule has 4 N–H and O–H groups in total. The zero-order valence-corrected chi connectivity index (χ0v) is 10.4. The molecule has 0 aromatic rings. The zero-order valence-electron chi connectivity index (χ0n) is 10.4. The van der Waals surface area contributed by atoms with Crippen molar-refractivity contribution >= 4 is 5.97 Å². The van der Waals surface area contributed by atoms with E-state index in [2.05, 4.69) is 0 Å². The number of carbonyl (C=O) groups excluding carboxylic acids is 1. The maximum Gasteiger partial charge on any atom is 0.306 e. The number of hydrogen-bond acceptors (Lipinski definition) is 7. The highest BCUT2D eigenvalue weighted by Crippen LogP contribution is 2.26. The number of hydrogen-bond donors (Lipinski definition) is 4. The summed E-state index contributed by atoms with van der Waals surface area (Å²) in [6.45, 7) is 1.79. The fourth-order valence-electron chi connectivity index (χ4n) is 2.01. The second-order valence-electron chi connectivity index (χ2n) is 4.37. The van der Waals surface area contributed by atoms with Gasteiger partial charge in [-0.05, 0) is 6.42 Å². The second kappa shape index (κ2) is 6.44. The van der Waals surface area contributed by atoms with Crippen molar-refractivity contribution in [1.29, 1.82) is 0 Å². The second-order valence-corrected chi connectivity index (χ2v) is 4.37. The lowest BCUT2D eigenvalue weighted by molar-refractivity contribution is -0.239. The molecule has 0 unspecified atom stereocenters. The number of ether oxygens (including phenoxy) is 2. The predicted molar refractivity (Wildman–Crippen MR) is 59.6 cm³/mol. The van der Waals surface area contributed by atoms with E-state index in [1.165, 1.54) is 7.11 Å². The summed E-state index contributed by atoms with van der Waals surface area (Å²) in [7, 11) is 1.26. The van der Waals surface area contributed by atoms with Crippen LogP contribution in [0.2, 0.25) is 0 Å². The molecule has 0 amide bonds. The van der Waals surface area contributed by atoms with Gasteiger partial charge in [-0.3, -0.25) is 4.79 Å². The van der Waals surface area contributed by atoms with Gasteiger partial charge in [0.25, 0.3) is 0 Å². The van der Waals surface area contributed by atoms with Crippen LogP contribution < -0.4 is 0 Å². The lowest BCUT2D eigenvalue weighted by Crippen LogP contribution is -2.65. The normalized spacial score (nSPS) is 40.6. The SMILES string of the molecule is CCCC(=O)O[C@@H]1[C@H](O)[C@@H](O)[C@H](O)[C@@H](O)[C@@H]1OC. The molecule has 7 nitrogen and oxygen atoms in total. The number of carbonyl (C=O) groups is 1. The molecule has 0 aliphatic heterocycles. The minimum atomic E-state index is -1.59. The minimum Gasteiger partial charge on any atom is -0.457 e. The van der Waals surface area contributed by atoms with E-state index in [9.17, 15) is 25.2 Å². The fourth-order valence-corrected chi connectivity index (χ4v) is 2.01. The van der Waals surface area contributed by atoms with Crippen LogP contribution >= 0.6 is 0 Å². The van der Waals surface area contributed by atoms with E-state index in [1.807, 2.05) is 0 Å². The van der Waals surface area contributed by atoms with Crippen LogP contribution in [0.5, 0.6) is 0 Å². The van der Waals surface area contributed by atoms with Crippen molar-refractivity contribution in [3.63, 3.8) is 0 Å². The highest BCUT2D eigenvalue weighted by molar-refractivity contribution is 5.69. The first-order valence-electron chi connectivity index (χ1n) is 5.88. The van der Waals surface area contributed by atoms with Crippen LogP contribution in [0.3, 0.4) is 0 Å². The summed E-state index contributed by atoms with van der Waals surface area (Å²) >= 11 is 0. The Morgan fingerprint density at radius 2 is 1.50 bits per heavy atom. The molecular weight excluding hydrogens is 244 g/mol. The monoisotopic (exact) mass is 264 g/mol. The molecule has 1 fully saturated rings. The molecule has 1 saturated carbocycles. The molecule has 0 radical (unpaired) electrons. The Kier molecular flexibility index (Phi) is 5.48. The quantitative estimate of drug-likeness (QED) is 0.441. The first-order chi connectivity index (χ1) is 8.43. The summed E-state index contributed by atoms with van der Waals surface area (Å²) < 4.78 is 9.92. The lowest BCUT2D eigenvalue weighted by atomic mass is 9.84. The molecule has 0 aromatic heterocycles. The molecule has 18 heavy (non-hydrogen) atoms. The molecule has 7 heteroatoms. The topological polar surface area (TPSA) is 116 Å². The van der Waals surface area contributed by atoms with Crippen molar-refractivity contribution in [2.24, 2.45) is 0 Å². The molecule has 0 spiro atoms. The van der Waals surface area contributed by atoms with Crippen molar-refractivity contribution < 1.29 is 34.7 Å². The van der Waals surface area contributed by atoms with Gasteiger partial charge in [-0.2, -0.15) is 0 Å². The van der Waals surface area contributed by atoms with Gasteiger partial charge in [0.1, 0.15) is 30.5 Å². The molecule has 1 rings (SSSR count). The summed E-state index contributed by atoms with van der Waals surface area (Å²) in [6.07, 6.45) is -7.64. The number of rotatable bonds is 4. The van der Waals surface area contributed by atoms with E-state index in [4.69, 9.17) is 9.47 Å². The van der Waals surface area contributed by atoms with Crippen molar-refractivity contribution in [2.45, 2.75) is 56.4 Å². The number of methoxy groups -OCH3 is 1. The third-order valence-electron chi connectivity index (χ3n) is 3.04. The summed E-state index contributed by atoms with van der Waals surface area (Å²) in [4.78, 5) is 11.4. The molecule has 0 saturated heterocycles. The fraction of sp³-hybridized carbons (Fsp3) is 0.909. The minimum absolute atomic E-state index is 0.161. The van der Waals surface area contributed by atoms with Gasteiger partial charge >= 0.3 is 5.97 Å². The molecule has 1 aliphatic rings. The Bertz CT molecular complexity index is 283. The Balaban J connectivity index is 2.81. The molecule has 6 atom stereocenters. The maximum atomic E-state index is 11.4. The van der Waals surface area contributed by atoms with E-state index in [-0.39, 0.29) is 6.42 Å². The van der Waals surface area contributed by atoms with Gasteiger partial charge in [0.15, 0.2) is 6.10 Å². The molecule has 0 bridgehead atoms. The van der Waals surface area contributed by atoms with E-state index >= 15 is 0 Å². The Morgan fingerprint density at radius 3 is 1.94 bits per heavy atom. The first-order valence-corrected chi connectivity index (χ1v) is 5.88. The largest absolute Gasteiger partial charge is 0.457 e. The van der Waals surface area contributed by atoms with Crippen LogP contribution in [0.15, 0.2) is 0 Å². The summed E-state index contributed by atoms with van der Waals surface area (Å²) in [5.41, 5.74) is 0. The van der Waals surface area contributed by atoms with Gasteiger partial charge in [-0.15, -0.1) is 0 Å². The van der Waals surface area contributed by atoms with E-state index in [0.717, 1.165) is 0 Å². The number of esters is 1. The maximum absolute atomic E-state index is 11.4. The van der Waals surface area contributed by atoms with Crippen molar-refractivity contribution in [3.8, 4) is 0 Å². The van der Waals surface area contributed by atoms with E-state index < -0.39 is 42.6 Å². The van der Waals surface area contributed by atoms with Gasteiger partial charge < -0.3 is 29.9 Å². The summed E-state index contributed by atoms with van der Waals surface area (Å²) in [5.74, 6) is -0.556. The number of aliphatic hydroxyl groups is 4. The van der Waals surface area contributed by atoms with Crippen LogP contribution in [0.25, 0.3) is 0 Å². The zero-order chi connectivity index (χ0) is 13.9. The molecule has 0 aromatic carbocycles. The van der Waals surface area contributed by atoms with Gasteiger partial charge in [-0.25, -0.2) is 0 Å². The van der Waals surface area contributed by atoms with Crippen LogP contribution in [0.1, 0.15) is 19.8 Å². The summed E-state index contributed by atoms with van der Waals surface area (Å²) in [6, 6.07) is 0. The van der Waals surface area contributed by atoms with E-state index in [0.29, 0.717) is 6.42 Å². The lowest BCUT2D eigenvalue weighted by Gasteiger charge is -2.42. The first kappa shape index (κ1) is 15.3. The highest BCUT2D eigenvalue weighted by atomic mass is 16.6. The van der Waals surface area contributed by atoms with Crippen LogP contribution in [-0.2, 0) is 14.3 Å². The number of aliphatic hydroxyl groups excluding tert-OH is 4. The average Bonchev–Trinajstić information content (AvgIpc) is 2.34.